The van der Waals surface area contributed by atoms with E-state index in [1.54, 1.807) is 24.3 Å². The summed E-state index contributed by atoms with van der Waals surface area (Å²) in [4.78, 5) is 34.9. The molecular formula is C19H20N2O3S. The Balaban J connectivity index is 1.71. The highest BCUT2D eigenvalue weighted by Crippen LogP contribution is 2.12. The van der Waals surface area contributed by atoms with Gasteiger partial charge in [-0.1, -0.05) is 17.7 Å². The van der Waals surface area contributed by atoms with Crippen LogP contribution >= 0.6 is 11.8 Å². The molecule has 0 bridgehead atoms. The van der Waals surface area contributed by atoms with Gasteiger partial charge in [0.15, 0.2) is 5.78 Å². The maximum absolute atomic E-state index is 11.9. The largest absolute Gasteiger partial charge is 0.325 e. The maximum Gasteiger partial charge on any atom is 0.234 e. The summed E-state index contributed by atoms with van der Waals surface area (Å²) in [5.74, 6) is 0.0181. The van der Waals surface area contributed by atoms with Gasteiger partial charge in [0.2, 0.25) is 11.8 Å². The average Bonchev–Trinajstić information content (AvgIpc) is 2.57. The van der Waals surface area contributed by atoms with E-state index >= 15 is 0 Å². The molecule has 0 aliphatic rings. The van der Waals surface area contributed by atoms with Gasteiger partial charge >= 0.3 is 0 Å². The molecule has 5 nitrogen and oxygen atoms in total. The van der Waals surface area contributed by atoms with Crippen LogP contribution in [0.25, 0.3) is 0 Å². The van der Waals surface area contributed by atoms with Crippen molar-refractivity contribution < 1.29 is 14.4 Å². The van der Waals surface area contributed by atoms with Gasteiger partial charge in [0, 0.05) is 16.9 Å². The van der Waals surface area contributed by atoms with Crippen LogP contribution in [0.4, 0.5) is 11.4 Å². The first-order valence-electron chi connectivity index (χ1n) is 7.79. The molecule has 0 aliphatic heterocycles. The molecule has 2 amide bonds. The Labute approximate surface area is 151 Å². The zero-order valence-electron chi connectivity index (χ0n) is 14.2. The number of Topliss-reactive ketones (excluding diaryl/α,β-unsaturated/α-hetero) is 1. The third-order valence-corrected chi connectivity index (χ3v) is 4.31. The summed E-state index contributed by atoms with van der Waals surface area (Å²) in [5, 5.41) is 5.52. The lowest BCUT2D eigenvalue weighted by molar-refractivity contribution is -0.114. The van der Waals surface area contributed by atoms with E-state index in [2.05, 4.69) is 10.6 Å². The number of rotatable bonds is 7. The summed E-state index contributed by atoms with van der Waals surface area (Å²) in [6.45, 7) is 3.47. The predicted octanol–water partition coefficient (Wildman–Crippen LogP) is 3.51. The number of hydrogen-bond donors (Lipinski definition) is 2. The molecule has 2 N–H and O–H groups in total. The highest BCUT2D eigenvalue weighted by Gasteiger charge is 2.07. The monoisotopic (exact) mass is 356 g/mol. The van der Waals surface area contributed by atoms with Crippen LogP contribution in [0.15, 0.2) is 48.5 Å². The fraction of sp³-hybridized carbons (Fsp3) is 0.211. The first-order valence-corrected chi connectivity index (χ1v) is 8.94. The van der Waals surface area contributed by atoms with E-state index in [1.165, 1.54) is 18.7 Å². The summed E-state index contributed by atoms with van der Waals surface area (Å²) < 4.78 is 0. The van der Waals surface area contributed by atoms with Crippen molar-refractivity contribution in [1.82, 2.24) is 0 Å². The number of aryl methyl sites for hydroxylation is 1. The van der Waals surface area contributed by atoms with Gasteiger partial charge in [0.05, 0.1) is 11.5 Å². The van der Waals surface area contributed by atoms with E-state index < -0.39 is 0 Å². The van der Waals surface area contributed by atoms with Crippen LogP contribution in [0.2, 0.25) is 0 Å². The molecule has 0 unspecified atom stereocenters. The molecule has 0 radical (unpaired) electrons. The highest BCUT2D eigenvalue weighted by atomic mass is 32.2. The van der Waals surface area contributed by atoms with Gasteiger partial charge in [-0.2, -0.15) is 0 Å². The molecule has 2 aromatic carbocycles. The second-order valence-corrected chi connectivity index (χ2v) is 6.57. The van der Waals surface area contributed by atoms with Gasteiger partial charge in [-0.25, -0.2) is 0 Å². The Hall–Kier alpha value is -2.60. The maximum atomic E-state index is 11.9. The van der Waals surface area contributed by atoms with Gasteiger partial charge in [-0.05, 0) is 50.2 Å². The Bertz CT molecular complexity index is 755. The molecule has 130 valence electrons. The number of amides is 2. The third-order valence-electron chi connectivity index (χ3n) is 3.38. The molecule has 2 rings (SSSR count). The molecule has 0 aliphatic carbocycles. The lowest BCUT2D eigenvalue weighted by Crippen LogP contribution is -2.18. The SMILES string of the molecule is CC(=O)c1ccc(NC(=O)CSCC(=O)Nc2ccc(C)cc2)cc1. The van der Waals surface area contributed by atoms with Crippen molar-refractivity contribution >= 4 is 40.7 Å². The van der Waals surface area contributed by atoms with E-state index in [0.717, 1.165) is 11.3 Å². The minimum Gasteiger partial charge on any atom is -0.325 e. The molecule has 0 spiro atoms. The number of carbonyl (C=O) groups is 3. The molecule has 0 heterocycles. The van der Waals surface area contributed by atoms with E-state index in [4.69, 9.17) is 0 Å². The van der Waals surface area contributed by atoms with Gasteiger partial charge in [0.1, 0.15) is 0 Å². The summed E-state index contributed by atoms with van der Waals surface area (Å²) >= 11 is 1.24. The smallest absolute Gasteiger partial charge is 0.234 e. The topological polar surface area (TPSA) is 75.3 Å². The van der Waals surface area contributed by atoms with Crippen molar-refractivity contribution in [2.45, 2.75) is 13.8 Å². The van der Waals surface area contributed by atoms with Crippen molar-refractivity contribution in [3.05, 3.63) is 59.7 Å². The first kappa shape index (κ1) is 18.7. The minimum absolute atomic E-state index is 0.0204. The van der Waals surface area contributed by atoms with Gasteiger partial charge in [-0.3, -0.25) is 14.4 Å². The van der Waals surface area contributed by atoms with Crippen LogP contribution in [-0.4, -0.2) is 29.1 Å². The van der Waals surface area contributed by atoms with Gasteiger partial charge in [-0.15, -0.1) is 11.8 Å². The van der Waals surface area contributed by atoms with E-state index in [-0.39, 0.29) is 29.1 Å². The van der Waals surface area contributed by atoms with Crippen LogP contribution in [-0.2, 0) is 9.59 Å². The third kappa shape index (κ3) is 6.43. The number of thioether (sulfide) groups is 1. The van der Waals surface area contributed by atoms with Crippen LogP contribution < -0.4 is 10.6 Å². The van der Waals surface area contributed by atoms with Crippen LogP contribution in [0.3, 0.4) is 0 Å². The first-order chi connectivity index (χ1) is 11.9. The molecule has 0 saturated heterocycles. The molecule has 0 saturated carbocycles. The van der Waals surface area contributed by atoms with Crippen molar-refractivity contribution in [2.75, 3.05) is 22.1 Å². The van der Waals surface area contributed by atoms with E-state index in [9.17, 15) is 14.4 Å². The van der Waals surface area contributed by atoms with Gasteiger partial charge < -0.3 is 10.6 Å². The van der Waals surface area contributed by atoms with Crippen molar-refractivity contribution in [3.63, 3.8) is 0 Å². The Morgan fingerprint density at radius 3 is 1.68 bits per heavy atom. The Morgan fingerprint density at radius 2 is 1.24 bits per heavy atom. The standard InChI is InChI=1S/C19H20N2O3S/c1-13-3-7-16(8-4-13)20-18(23)11-25-12-19(24)21-17-9-5-15(6-10-17)14(2)22/h3-10H,11-12H2,1-2H3,(H,20,23)(H,21,24). The Morgan fingerprint density at radius 1 is 0.800 bits per heavy atom. The number of ketones is 1. The van der Waals surface area contributed by atoms with Crippen LogP contribution in [0.5, 0.6) is 0 Å². The zero-order valence-corrected chi connectivity index (χ0v) is 15.0. The normalized spacial score (nSPS) is 10.2. The number of carbonyl (C=O) groups excluding carboxylic acids is 3. The van der Waals surface area contributed by atoms with Crippen molar-refractivity contribution in [3.8, 4) is 0 Å². The fourth-order valence-electron chi connectivity index (χ4n) is 2.06. The van der Waals surface area contributed by atoms with Crippen molar-refractivity contribution in [2.24, 2.45) is 0 Å². The van der Waals surface area contributed by atoms with Crippen LogP contribution in [0.1, 0.15) is 22.8 Å². The molecule has 0 aromatic heterocycles. The summed E-state index contributed by atoms with van der Waals surface area (Å²) in [6.07, 6.45) is 0. The summed E-state index contributed by atoms with van der Waals surface area (Å²) in [6, 6.07) is 14.2. The van der Waals surface area contributed by atoms with Crippen molar-refractivity contribution in [1.29, 1.82) is 0 Å². The van der Waals surface area contributed by atoms with Crippen LogP contribution in [0, 0.1) is 6.92 Å². The lowest BCUT2D eigenvalue weighted by Gasteiger charge is -2.07. The predicted molar refractivity (Wildman–Crippen MR) is 102 cm³/mol. The second kappa shape index (κ2) is 9.03. The number of anilines is 2. The highest BCUT2D eigenvalue weighted by molar-refractivity contribution is 8.00. The van der Waals surface area contributed by atoms with E-state index in [0.29, 0.717) is 11.3 Å². The Kier molecular flexibility index (Phi) is 6.77. The average molecular weight is 356 g/mol. The van der Waals surface area contributed by atoms with Gasteiger partial charge in [0.25, 0.3) is 0 Å². The summed E-state index contributed by atoms with van der Waals surface area (Å²) in [7, 11) is 0. The zero-order chi connectivity index (χ0) is 18.2. The molecule has 2 aromatic rings. The quantitative estimate of drug-likeness (QED) is 0.745. The molecular weight excluding hydrogens is 336 g/mol. The molecule has 0 atom stereocenters. The summed E-state index contributed by atoms with van der Waals surface area (Å²) in [5.41, 5.74) is 3.09. The molecule has 0 fully saturated rings. The number of hydrogen-bond acceptors (Lipinski definition) is 4. The minimum atomic E-state index is -0.191. The fourth-order valence-corrected chi connectivity index (χ4v) is 2.67. The molecule has 25 heavy (non-hydrogen) atoms. The molecule has 6 heteroatoms. The van der Waals surface area contributed by atoms with E-state index in [1.807, 2.05) is 31.2 Å². The number of benzene rings is 2. The second-order valence-electron chi connectivity index (χ2n) is 5.59. The lowest BCUT2D eigenvalue weighted by atomic mass is 10.1. The number of nitrogens with one attached hydrogen (secondary N) is 2.